The Morgan fingerprint density at radius 2 is 0.632 bits per heavy atom. The van der Waals surface area contributed by atoms with E-state index in [9.17, 15) is 74.6 Å². The van der Waals surface area contributed by atoms with E-state index in [-0.39, 0.29) is 22.8 Å². The first-order chi connectivity index (χ1) is 35.2. The summed E-state index contributed by atoms with van der Waals surface area (Å²) in [5, 5.41) is 0. The number of hydrogen-bond acceptors (Lipinski definition) is 0. The number of hydrogen-bond donors (Lipinski definition) is 0. The molecule has 0 atom stereocenters. The summed E-state index contributed by atoms with van der Waals surface area (Å²) in [6.07, 6.45) is -8.43. The Balaban J connectivity index is 0.000000435. The minimum Gasteiger partial charge on any atom is -0.207 e. The zero-order chi connectivity index (χ0) is 58.1. The van der Waals surface area contributed by atoms with Gasteiger partial charge in [0.05, 0.1) is 11.1 Å². The van der Waals surface area contributed by atoms with Gasteiger partial charge in [-0.3, -0.25) is 0 Å². The highest BCUT2D eigenvalue weighted by molar-refractivity contribution is 5.26. The molecule has 76 heavy (non-hydrogen) atoms. The van der Waals surface area contributed by atoms with Crippen LogP contribution in [0.3, 0.4) is 0 Å². The number of alkyl halides is 6. The summed E-state index contributed by atoms with van der Waals surface area (Å²) >= 11 is 0. The van der Waals surface area contributed by atoms with Crippen LogP contribution in [0.1, 0.15) is 61.2 Å². The van der Waals surface area contributed by atoms with E-state index in [2.05, 4.69) is 0 Å². The highest BCUT2D eigenvalue weighted by Crippen LogP contribution is 2.30. The molecule has 0 radical (unpaired) electrons. The van der Waals surface area contributed by atoms with Gasteiger partial charge < -0.3 is 0 Å². The van der Waals surface area contributed by atoms with Gasteiger partial charge in [-0.2, -0.15) is 26.3 Å². The quantitative estimate of drug-likeness (QED) is 0.133. The second-order valence-electron chi connectivity index (χ2n) is 16.5. The Labute approximate surface area is 431 Å². The van der Waals surface area contributed by atoms with Crippen molar-refractivity contribution < 1.29 is 74.6 Å². The highest BCUT2D eigenvalue weighted by atomic mass is 19.4. The van der Waals surface area contributed by atoms with Gasteiger partial charge in [0.1, 0.15) is 52.4 Å². The molecule has 0 unspecified atom stereocenters. The van der Waals surface area contributed by atoms with E-state index in [1.807, 2.05) is 26.8 Å². The van der Waals surface area contributed by atoms with Crippen LogP contribution < -0.4 is 0 Å². The second-order valence-corrected chi connectivity index (χ2v) is 16.5. The van der Waals surface area contributed by atoms with Crippen LogP contribution in [0.4, 0.5) is 74.6 Å². The molecule has 0 saturated carbocycles. The molecule has 8 aromatic carbocycles. The Kier molecular flexibility index (Phi) is 28.1. The first-order valence-electron chi connectivity index (χ1n) is 22.3. The summed E-state index contributed by atoms with van der Waals surface area (Å²) in [7, 11) is 0. The average molecular weight is 1090 g/mol. The van der Waals surface area contributed by atoms with E-state index in [4.69, 9.17) is 0 Å². The van der Waals surface area contributed by atoms with Crippen molar-refractivity contribution in [2.75, 3.05) is 0 Å². The molecule has 0 aliphatic carbocycles. The SMILES string of the molecule is Cc1c(F)cc(F)cc1F.Cc1c(F)cccc1F.Cc1cc(C)cc(F)c1.Cc1ccc(C(F)(F)F)cc1.Cc1ccc(F)c(F)c1.Cc1ccc(F)cc1.Cc1ccc(F)cc1F.Cc1cccc(C(F)(F)F)c1. The van der Waals surface area contributed by atoms with Gasteiger partial charge in [0.15, 0.2) is 11.6 Å². The van der Waals surface area contributed by atoms with Gasteiger partial charge in [-0.15, -0.1) is 0 Å². The largest absolute Gasteiger partial charge is 0.416 e. The summed E-state index contributed by atoms with van der Waals surface area (Å²) in [6.45, 7) is 15.0. The number of benzene rings is 8. The van der Waals surface area contributed by atoms with E-state index in [0.29, 0.717) is 23.3 Å². The molecule has 0 bridgehead atoms. The van der Waals surface area contributed by atoms with Crippen LogP contribution in [0.15, 0.2) is 158 Å². The lowest BCUT2D eigenvalue weighted by Gasteiger charge is -2.05. The lowest BCUT2D eigenvalue weighted by Crippen LogP contribution is -2.04. The van der Waals surface area contributed by atoms with Gasteiger partial charge >= 0.3 is 12.4 Å². The molecule has 0 amide bonds. The van der Waals surface area contributed by atoms with Crippen molar-refractivity contribution in [2.24, 2.45) is 0 Å². The highest BCUT2D eigenvalue weighted by Gasteiger charge is 2.30. The standard InChI is InChI=1S/2C8H7F3.C8H9F.C7H5F3.3C7H6F2.C7H7F/c1-6-2-4-7(5-3-6)8(9,10)11;1-6-3-2-4-7(5-6)8(9,10)11;1-6-3-7(2)5-8(9)4-6;1-4-6(9)2-5(8)3-7(4)10;1-5-2-3-6(8)4-7(5)9;1-5-2-3-6(8)7(9)4-5;1-5-6(8)3-2-4-7(5)9;1-6-2-4-7(8)5-3-6/h2*2-5H,1H3;3-5H,1-2H3;2-3H,1H3;3*2-4H,1H3;2-5H,1H3. The molecular weight excluding hydrogens is 1030 g/mol. The number of aryl methyl sites for hydroxylation is 7. The van der Waals surface area contributed by atoms with Crippen molar-refractivity contribution in [3.05, 3.63) is 283 Å². The monoisotopic (exact) mass is 1080 g/mol. The second kappa shape index (κ2) is 32.1. The van der Waals surface area contributed by atoms with E-state index in [1.54, 1.807) is 45.9 Å². The molecule has 8 aromatic rings. The van der Waals surface area contributed by atoms with Crippen molar-refractivity contribution in [1.29, 1.82) is 0 Å². The third kappa shape index (κ3) is 27.2. The van der Waals surface area contributed by atoms with Gasteiger partial charge in [-0.25, -0.2) is 48.3 Å². The molecule has 0 nitrogen and oxygen atoms in total. The van der Waals surface area contributed by atoms with Crippen LogP contribution in [-0.2, 0) is 12.4 Å². The first kappa shape index (κ1) is 66.6. The molecule has 0 fully saturated rings. The Morgan fingerprint density at radius 1 is 0.237 bits per heavy atom. The third-order valence-corrected chi connectivity index (χ3v) is 9.58. The Bertz CT molecular complexity index is 2830. The lowest BCUT2D eigenvalue weighted by atomic mass is 10.1. The molecular formula is C59H53F17. The summed E-state index contributed by atoms with van der Waals surface area (Å²) in [6, 6.07) is 34.1. The average Bonchev–Trinajstić information content (AvgIpc) is 3.31. The predicted octanol–water partition coefficient (Wildman–Crippen LogP) is 19.8. The fraction of sp³-hybridized carbons (Fsp3) is 0.186. The maximum absolute atomic E-state index is 12.4. The lowest BCUT2D eigenvalue weighted by molar-refractivity contribution is -0.138. The predicted molar refractivity (Wildman–Crippen MR) is 264 cm³/mol. The molecule has 0 saturated heterocycles. The van der Waals surface area contributed by atoms with Crippen LogP contribution in [0.2, 0.25) is 0 Å². The van der Waals surface area contributed by atoms with Gasteiger partial charge in [-0.05, 0) is 157 Å². The maximum atomic E-state index is 12.4. The zero-order valence-corrected chi connectivity index (χ0v) is 42.4. The molecule has 0 aromatic heterocycles. The molecule has 8 rings (SSSR count). The normalized spacial score (nSPS) is 10.2. The molecule has 0 aliphatic heterocycles. The Morgan fingerprint density at radius 3 is 1.00 bits per heavy atom. The number of halogens is 17. The van der Waals surface area contributed by atoms with Crippen molar-refractivity contribution in [1.82, 2.24) is 0 Å². The summed E-state index contributed by atoms with van der Waals surface area (Å²) in [5.74, 6) is -6.48. The van der Waals surface area contributed by atoms with Crippen LogP contribution in [0.25, 0.3) is 0 Å². The Hall–Kier alpha value is -7.43. The summed E-state index contributed by atoms with van der Waals surface area (Å²) < 4.78 is 206. The summed E-state index contributed by atoms with van der Waals surface area (Å²) in [5.41, 5.74) is 4.45. The van der Waals surface area contributed by atoms with E-state index in [1.165, 1.54) is 92.7 Å². The van der Waals surface area contributed by atoms with Gasteiger partial charge in [0, 0.05) is 29.3 Å². The molecule has 408 valence electrons. The molecule has 17 heteroatoms. The third-order valence-electron chi connectivity index (χ3n) is 9.58. The van der Waals surface area contributed by atoms with E-state index >= 15 is 0 Å². The minimum absolute atomic E-state index is 0.0810. The minimum atomic E-state index is -4.22. The maximum Gasteiger partial charge on any atom is 0.416 e. The van der Waals surface area contributed by atoms with E-state index in [0.717, 1.165) is 70.3 Å². The molecule has 0 spiro atoms. The smallest absolute Gasteiger partial charge is 0.207 e. The zero-order valence-electron chi connectivity index (χ0n) is 42.4. The van der Waals surface area contributed by atoms with Gasteiger partial charge in [-0.1, -0.05) is 83.4 Å². The number of rotatable bonds is 0. The van der Waals surface area contributed by atoms with Crippen molar-refractivity contribution in [3.8, 4) is 0 Å². The van der Waals surface area contributed by atoms with Crippen molar-refractivity contribution >= 4 is 0 Å². The molecule has 0 heterocycles. The van der Waals surface area contributed by atoms with Crippen LogP contribution in [-0.4, -0.2) is 0 Å². The van der Waals surface area contributed by atoms with E-state index < -0.39 is 75.8 Å². The molecule has 0 N–H and O–H groups in total. The van der Waals surface area contributed by atoms with Crippen LogP contribution in [0.5, 0.6) is 0 Å². The van der Waals surface area contributed by atoms with Gasteiger partial charge in [0.25, 0.3) is 0 Å². The fourth-order valence-corrected chi connectivity index (χ4v) is 5.38. The topological polar surface area (TPSA) is 0 Å². The van der Waals surface area contributed by atoms with Gasteiger partial charge in [0.2, 0.25) is 0 Å². The summed E-state index contributed by atoms with van der Waals surface area (Å²) in [4.78, 5) is 0. The fourth-order valence-electron chi connectivity index (χ4n) is 5.38. The van der Waals surface area contributed by atoms with Crippen molar-refractivity contribution in [3.63, 3.8) is 0 Å². The molecule has 0 aliphatic rings. The van der Waals surface area contributed by atoms with Crippen LogP contribution in [0, 0.1) is 126 Å². The van der Waals surface area contributed by atoms with Crippen LogP contribution >= 0.6 is 0 Å². The van der Waals surface area contributed by atoms with Crippen molar-refractivity contribution in [2.45, 2.75) is 74.7 Å². The first-order valence-corrected chi connectivity index (χ1v) is 22.3.